The number of fused-ring (bicyclic) bond motifs is 2. The molecule has 0 bridgehead atoms. The van der Waals surface area contributed by atoms with Gasteiger partial charge in [0.1, 0.15) is 0 Å². The van der Waals surface area contributed by atoms with E-state index >= 15 is 0 Å². The molecule has 1 aliphatic heterocycles. The third-order valence-electron chi connectivity index (χ3n) is 9.19. The average Bonchev–Trinajstić information content (AvgIpc) is 3.11. The molecule has 3 heterocycles. The van der Waals surface area contributed by atoms with E-state index in [4.69, 9.17) is 0 Å². The lowest BCUT2D eigenvalue weighted by Crippen LogP contribution is -2.39. The normalized spacial score (nSPS) is 20.3. The molecule has 3 aliphatic carbocycles. The van der Waals surface area contributed by atoms with Gasteiger partial charge in [-0.25, -0.2) is 0 Å². The molecule has 216 valence electrons. The molecule has 0 saturated carbocycles. The van der Waals surface area contributed by atoms with Crippen molar-refractivity contribution in [2.75, 3.05) is 6.54 Å². The van der Waals surface area contributed by atoms with Gasteiger partial charge in [0.25, 0.3) is 0 Å². The van der Waals surface area contributed by atoms with Gasteiger partial charge in [0, 0.05) is 30.8 Å². The van der Waals surface area contributed by atoms with Crippen LogP contribution < -0.4 is 15.8 Å². The fraction of sp³-hybridized carbons (Fsp3) is 0.0952. The number of hydrogen-bond acceptors (Lipinski definition) is 3. The van der Waals surface area contributed by atoms with Gasteiger partial charge in [-0.2, -0.15) is 0 Å². The van der Waals surface area contributed by atoms with Crippen LogP contribution >= 0.6 is 0 Å². The van der Waals surface area contributed by atoms with Crippen molar-refractivity contribution in [3.05, 3.63) is 197 Å². The van der Waals surface area contributed by atoms with E-state index < -0.39 is 0 Å². The maximum atomic E-state index is 4.63. The van der Waals surface area contributed by atoms with Crippen LogP contribution in [0.1, 0.15) is 23.7 Å². The van der Waals surface area contributed by atoms with Crippen LogP contribution in [-0.2, 0) is 0 Å². The van der Waals surface area contributed by atoms with E-state index in [0.717, 1.165) is 35.6 Å². The van der Waals surface area contributed by atoms with E-state index in [1.54, 1.807) is 0 Å². The predicted octanol–water partition coefficient (Wildman–Crippen LogP) is 7.37. The van der Waals surface area contributed by atoms with Gasteiger partial charge >= 0.3 is 0 Å². The molecule has 45 heavy (non-hydrogen) atoms. The minimum Gasteiger partial charge on any atom is -0.379 e. The zero-order valence-electron chi connectivity index (χ0n) is 25.0. The Morgan fingerprint density at radius 2 is 1.62 bits per heavy atom. The molecule has 8 rings (SSSR count). The summed E-state index contributed by atoms with van der Waals surface area (Å²) in [6.45, 7) is 5.27. The van der Waals surface area contributed by atoms with Gasteiger partial charge in [0.15, 0.2) is 0 Å². The van der Waals surface area contributed by atoms with Crippen LogP contribution in [0, 0.1) is 5.92 Å². The van der Waals surface area contributed by atoms with E-state index in [2.05, 4.69) is 131 Å². The summed E-state index contributed by atoms with van der Waals surface area (Å²) in [6.07, 6.45) is 22.8. The predicted molar refractivity (Wildman–Crippen MR) is 185 cm³/mol. The summed E-state index contributed by atoms with van der Waals surface area (Å²) in [7, 11) is 0. The summed E-state index contributed by atoms with van der Waals surface area (Å²) in [5.41, 5.74) is 13.1. The van der Waals surface area contributed by atoms with Gasteiger partial charge in [0.05, 0.1) is 17.1 Å². The second kappa shape index (κ2) is 11.5. The zero-order chi connectivity index (χ0) is 30.2. The van der Waals surface area contributed by atoms with E-state index in [0.29, 0.717) is 0 Å². The summed E-state index contributed by atoms with van der Waals surface area (Å²) < 4.78 is 0. The maximum absolute atomic E-state index is 4.63. The average molecular weight is 580 g/mol. The molecule has 0 saturated heterocycles. The molecule has 0 amide bonds. The lowest BCUT2D eigenvalue weighted by Gasteiger charge is -2.34. The Kier molecular flexibility index (Phi) is 6.92. The van der Waals surface area contributed by atoms with E-state index in [1.165, 1.54) is 49.4 Å². The van der Waals surface area contributed by atoms with Gasteiger partial charge in [0.2, 0.25) is 0 Å². The number of allylic oxidation sites excluding steroid dienone is 11. The monoisotopic (exact) mass is 579 g/mol. The number of nitrogens with one attached hydrogen (secondary N) is 1. The first kappa shape index (κ1) is 27.0. The first-order chi connectivity index (χ1) is 22.2. The van der Waals surface area contributed by atoms with Crippen molar-refractivity contribution in [1.29, 1.82) is 0 Å². The zero-order valence-corrected chi connectivity index (χ0v) is 25.0. The molecular weight excluding hydrogens is 546 g/mol. The third kappa shape index (κ3) is 4.97. The van der Waals surface area contributed by atoms with Crippen molar-refractivity contribution < 1.29 is 0 Å². The minimum absolute atomic E-state index is 0.0750. The van der Waals surface area contributed by atoms with Crippen LogP contribution in [-0.4, -0.2) is 16.5 Å². The Morgan fingerprint density at radius 3 is 2.38 bits per heavy atom. The Labute approximate surface area is 264 Å². The lowest BCUT2D eigenvalue weighted by molar-refractivity contribution is 0.783. The molecule has 0 radical (unpaired) electrons. The Morgan fingerprint density at radius 1 is 0.778 bits per heavy atom. The highest BCUT2D eigenvalue weighted by Gasteiger charge is 2.32. The number of hydrogen-bond donors (Lipinski definition) is 1. The van der Waals surface area contributed by atoms with Crippen LogP contribution in [0.2, 0.25) is 0 Å². The molecule has 4 aromatic rings. The van der Waals surface area contributed by atoms with Crippen LogP contribution in [0.5, 0.6) is 0 Å². The minimum atomic E-state index is 0.0750. The summed E-state index contributed by atoms with van der Waals surface area (Å²) in [5, 5.41) is 6.24. The topological polar surface area (TPSA) is 37.8 Å². The van der Waals surface area contributed by atoms with Gasteiger partial charge in [-0.05, 0) is 97.8 Å². The van der Waals surface area contributed by atoms with Crippen molar-refractivity contribution >= 4 is 16.8 Å². The molecule has 2 aromatic carbocycles. The van der Waals surface area contributed by atoms with Gasteiger partial charge in [-0.1, -0.05) is 104 Å². The number of pyridine rings is 2. The fourth-order valence-corrected chi connectivity index (χ4v) is 7.06. The summed E-state index contributed by atoms with van der Waals surface area (Å²) in [6, 6.07) is 29.8. The lowest BCUT2D eigenvalue weighted by atomic mass is 9.70. The molecule has 1 N–H and O–H groups in total. The molecule has 2 unspecified atom stereocenters. The summed E-state index contributed by atoms with van der Waals surface area (Å²) in [4.78, 5) is 9.19. The van der Waals surface area contributed by atoms with Crippen molar-refractivity contribution in [2.45, 2.75) is 12.3 Å². The van der Waals surface area contributed by atoms with Crippen molar-refractivity contribution in [1.82, 2.24) is 15.3 Å². The van der Waals surface area contributed by atoms with Crippen LogP contribution in [0.15, 0.2) is 175 Å². The fourth-order valence-electron chi connectivity index (χ4n) is 7.06. The summed E-state index contributed by atoms with van der Waals surface area (Å²) in [5.74, 6) is 0.333. The third-order valence-corrected chi connectivity index (χ3v) is 9.19. The number of rotatable bonds is 5. The standard InChI is InChI=1S/C42H33N3/c1-28-25-31(18-20-33(28)38-15-7-9-23-43-38)41-34-13-5-6-14-35(34)42(32-19-22-40(45-27-32)39-16-8-10-24-44-39)36-21-17-30(26-37(36)41)29-11-3-2-4-12-29/h2-13,15-26,33,35,45H,1,14,27H2. The molecular formula is C42H33N3. The number of aromatic nitrogens is 2. The second-order valence-electron chi connectivity index (χ2n) is 11.9. The van der Waals surface area contributed by atoms with Crippen molar-refractivity contribution in [2.24, 2.45) is 5.92 Å². The Bertz CT molecular complexity index is 2130. The smallest absolute Gasteiger partial charge is 0.0861 e. The van der Waals surface area contributed by atoms with Crippen LogP contribution in [0.25, 0.3) is 28.0 Å². The number of nitrogens with zero attached hydrogens (tertiary/aromatic N) is 2. The van der Waals surface area contributed by atoms with Gasteiger partial charge < -0.3 is 5.32 Å². The Hall–Kier alpha value is -5.54. The SMILES string of the molecule is C=C1C=C(C2=c3cc(-c4ccccc4)ccc3=C(C3=CC=C(c4ccccn4)NC3)C3CC=CC=C23)C=CC1c1ccccn1. The first-order valence-electron chi connectivity index (χ1n) is 15.6. The number of benzene rings is 2. The number of dihydropyridines is 1. The highest BCUT2D eigenvalue weighted by molar-refractivity contribution is 5.91. The van der Waals surface area contributed by atoms with Crippen molar-refractivity contribution in [3.8, 4) is 11.1 Å². The largest absolute Gasteiger partial charge is 0.379 e. The van der Waals surface area contributed by atoms with Crippen molar-refractivity contribution in [3.63, 3.8) is 0 Å². The van der Waals surface area contributed by atoms with E-state index in [9.17, 15) is 0 Å². The van der Waals surface area contributed by atoms with Crippen LogP contribution in [0.3, 0.4) is 0 Å². The molecule has 2 atom stereocenters. The molecule has 4 aliphatic rings. The van der Waals surface area contributed by atoms with E-state index in [-0.39, 0.29) is 11.8 Å². The van der Waals surface area contributed by atoms with Gasteiger partial charge in [-0.3, -0.25) is 9.97 Å². The molecule has 2 aromatic heterocycles. The van der Waals surface area contributed by atoms with Crippen LogP contribution in [0.4, 0.5) is 0 Å². The molecule has 0 spiro atoms. The highest BCUT2D eigenvalue weighted by atomic mass is 14.9. The highest BCUT2D eigenvalue weighted by Crippen LogP contribution is 2.43. The molecule has 0 fully saturated rings. The summed E-state index contributed by atoms with van der Waals surface area (Å²) >= 11 is 0. The van der Waals surface area contributed by atoms with Gasteiger partial charge in [-0.15, -0.1) is 0 Å². The Balaban J connectivity index is 1.35. The molecule has 3 nitrogen and oxygen atoms in total. The second-order valence-corrected chi connectivity index (χ2v) is 11.9. The first-order valence-corrected chi connectivity index (χ1v) is 15.6. The quantitative estimate of drug-likeness (QED) is 0.268. The maximum Gasteiger partial charge on any atom is 0.0861 e. The molecule has 3 heteroatoms. The van der Waals surface area contributed by atoms with E-state index in [1.807, 2.05) is 36.7 Å².